The molecule has 10 nitrogen and oxygen atoms in total. The minimum absolute atomic E-state index is 0.582. The molecule has 0 aliphatic rings. The van der Waals surface area contributed by atoms with Gasteiger partial charge in [-0.1, -0.05) is 46.9 Å². The molecule has 0 saturated carbocycles. The predicted molar refractivity (Wildman–Crippen MR) is 170 cm³/mol. The lowest BCUT2D eigenvalue weighted by Gasteiger charge is -2.02. The van der Waals surface area contributed by atoms with Crippen LogP contribution in [-0.4, -0.2) is 50.3 Å². The maximum absolute atomic E-state index is 4.82. The van der Waals surface area contributed by atoms with Gasteiger partial charge in [0.15, 0.2) is 25.7 Å². The molecule has 0 N–H and O–H groups in total. The highest BCUT2D eigenvalue weighted by molar-refractivity contribution is 7.18. The van der Waals surface area contributed by atoms with E-state index in [9.17, 15) is 0 Å². The van der Waals surface area contributed by atoms with E-state index < -0.39 is 0 Å². The minimum Gasteiger partial charge on any atom is -0.255 e. The molecule has 8 heterocycles. The van der Waals surface area contributed by atoms with Crippen molar-refractivity contribution < 1.29 is 0 Å². The van der Waals surface area contributed by atoms with Crippen LogP contribution in [-0.2, 0) is 0 Å². The third-order valence-corrected chi connectivity index (χ3v) is 8.57. The first-order valence-electron chi connectivity index (χ1n) is 13.5. The van der Waals surface area contributed by atoms with Crippen LogP contribution in [0.3, 0.4) is 0 Å². The van der Waals surface area contributed by atoms with E-state index in [4.69, 9.17) is 19.9 Å². The van der Waals surface area contributed by atoms with Crippen LogP contribution in [0.25, 0.3) is 76.6 Å². The summed E-state index contributed by atoms with van der Waals surface area (Å²) in [6.07, 6.45) is 3.50. The molecule has 8 rings (SSSR count). The Bertz CT molecular complexity index is 2100. The Morgan fingerprint density at radius 2 is 0.750 bits per heavy atom. The first kappa shape index (κ1) is 25.9. The van der Waals surface area contributed by atoms with Gasteiger partial charge in [-0.05, 0) is 72.8 Å². The molecule has 0 aromatic carbocycles. The van der Waals surface area contributed by atoms with Crippen molar-refractivity contribution in [2.45, 2.75) is 0 Å². The Morgan fingerprint density at radius 3 is 1.18 bits per heavy atom. The summed E-state index contributed by atoms with van der Waals surface area (Å²) in [4.78, 5) is 27.9. The van der Waals surface area contributed by atoms with Gasteiger partial charge in [0.25, 0.3) is 0 Å². The number of pyridine rings is 6. The summed E-state index contributed by atoms with van der Waals surface area (Å²) < 4.78 is 0. The summed E-state index contributed by atoms with van der Waals surface area (Å²) in [5, 5.41) is 21.3. The SMILES string of the molecule is c1ccc(-c2cccc(-c3nnc(-c4ccc5ccc(-c6nnc(-c7cccc(-c8ccccn8)n7)s6)nc5n4)s3)n2)nc1. The smallest absolute Gasteiger partial charge is 0.166 e. The van der Waals surface area contributed by atoms with Gasteiger partial charge in [-0.15, -0.1) is 20.4 Å². The molecule has 0 radical (unpaired) electrons. The zero-order valence-corrected chi connectivity index (χ0v) is 24.3. The van der Waals surface area contributed by atoms with Gasteiger partial charge in [-0.3, -0.25) is 9.97 Å². The highest BCUT2D eigenvalue weighted by atomic mass is 32.1. The van der Waals surface area contributed by atoms with Gasteiger partial charge in [-0.25, -0.2) is 19.9 Å². The third kappa shape index (κ3) is 5.08. The normalized spacial score (nSPS) is 11.2. The Morgan fingerprint density at radius 1 is 0.341 bits per heavy atom. The molecule has 12 heteroatoms. The van der Waals surface area contributed by atoms with Gasteiger partial charge in [0.2, 0.25) is 0 Å². The maximum Gasteiger partial charge on any atom is 0.166 e. The van der Waals surface area contributed by atoms with Crippen LogP contribution in [0.4, 0.5) is 0 Å². The van der Waals surface area contributed by atoms with Gasteiger partial charge < -0.3 is 0 Å². The summed E-state index contributed by atoms with van der Waals surface area (Å²) in [7, 11) is 0. The molecule has 0 spiro atoms. The minimum atomic E-state index is 0.582. The molecule has 0 fully saturated rings. The second-order valence-electron chi connectivity index (χ2n) is 9.51. The lowest BCUT2D eigenvalue weighted by Crippen LogP contribution is -1.90. The van der Waals surface area contributed by atoms with E-state index in [1.165, 1.54) is 22.7 Å². The second kappa shape index (κ2) is 11.2. The van der Waals surface area contributed by atoms with E-state index in [1.54, 1.807) is 12.4 Å². The summed E-state index contributed by atoms with van der Waals surface area (Å²) in [5.74, 6) is 0. The summed E-state index contributed by atoms with van der Waals surface area (Å²) in [5.41, 5.74) is 6.55. The highest BCUT2D eigenvalue weighted by Gasteiger charge is 2.15. The van der Waals surface area contributed by atoms with Crippen molar-refractivity contribution in [2.24, 2.45) is 0 Å². The van der Waals surface area contributed by atoms with E-state index in [-0.39, 0.29) is 0 Å². The molecular formula is C32H18N10S2. The molecule has 0 aliphatic heterocycles. The van der Waals surface area contributed by atoms with Gasteiger partial charge in [-0.2, -0.15) is 0 Å². The molecule has 0 atom stereocenters. The van der Waals surface area contributed by atoms with E-state index in [2.05, 4.69) is 30.4 Å². The van der Waals surface area contributed by atoms with Crippen molar-refractivity contribution in [2.75, 3.05) is 0 Å². The van der Waals surface area contributed by atoms with E-state index in [0.717, 1.165) is 39.5 Å². The van der Waals surface area contributed by atoms with Crippen LogP contribution in [0.2, 0.25) is 0 Å². The number of aromatic nitrogens is 10. The second-order valence-corrected chi connectivity index (χ2v) is 11.5. The van der Waals surface area contributed by atoms with Crippen LogP contribution in [0.15, 0.2) is 109 Å². The van der Waals surface area contributed by atoms with Crippen LogP contribution >= 0.6 is 22.7 Å². The monoisotopic (exact) mass is 606 g/mol. The topological polar surface area (TPSA) is 129 Å². The zero-order chi connectivity index (χ0) is 29.3. The van der Waals surface area contributed by atoms with Crippen LogP contribution < -0.4 is 0 Å². The summed E-state index contributed by atoms with van der Waals surface area (Å²) in [6, 6.07) is 30.9. The lowest BCUT2D eigenvalue weighted by atomic mass is 10.2. The van der Waals surface area contributed by atoms with Crippen LogP contribution in [0.5, 0.6) is 0 Å². The van der Waals surface area contributed by atoms with Crippen molar-refractivity contribution in [3.05, 3.63) is 109 Å². The zero-order valence-electron chi connectivity index (χ0n) is 22.7. The summed E-state index contributed by atoms with van der Waals surface area (Å²) in [6.45, 7) is 0. The van der Waals surface area contributed by atoms with Crippen molar-refractivity contribution in [1.82, 2.24) is 50.3 Å². The third-order valence-electron chi connectivity index (χ3n) is 6.63. The number of fused-ring (bicyclic) bond motifs is 1. The molecule has 208 valence electrons. The van der Waals surface area contributed by atoms with Crippen molar-refractivity contribution in [3.8, 4) is 65.6 Å². The van der Waals surface area contributed by atoms with Crippen LogP contribution in [0, 0.1) is 0 Å². The average molecular weight is 607 g/mol. The molecule has 0 bridgehead atoms. The number of hydrogen-bond donors (Lipinski definition) is 0. The lowest BCUT2D eigenvalue weighted by molar-refractivity contribution is 1.08. The number of nitrogens with zero attached hydrogens (tertiary/aromatic N) is 10. The molecule has 8 aromatic heterocycles. The molecule has 0 saturated heterocycles. The molecular weight excluding hydrogens is 589 g/mol. The first-order valence-corrected chi connectivity index (χ1v) is 15.1. The van der Waals surface area contributed by atoms with Crippen molar-refractivity contribution in [3.63, 3.8) is 0 Å². The fourth-order valence-corrected chi connectivity index (χ4v) is 6.08. The van der Waals surface area contributed by atoms with Crippen molar-refractivity contribution in [1.29, 1.82) is 0 Å². The van der Waals surface area contributed by atoms with Gasteiger partial charge in [0.05, 0.1) is 22.8 Å². The fourth-order valence-electron chi connectivity index (χ4n) is 4.52. The van der Waals surface area contributed by atoms with E-state index in [0.29, 0.717) is 37.1 Å². The molecule has 0 aliphatic carbocycles. The maximum atomic E-state index is 4.82. The Balaban J connectivity index is 1.08. The Kier molecular flexibility index (Phi) is 6.59. The first-order chi connectivity index (χ1) is 21.8. The van der Waals surface area contributed by atoms with Gasteiger partial charge in [0.1, 0.15) is 22.8 Å². The van der Waals surface area contributed by atoms with Crippen LogP contribution in [0.1, 0.15) is 0 Å². The quantitative estimate of drug-likeness (QED) is 0.197. The molecule has 0 unspecified atom stereocenters. The largest absolute Gasteiger partial charge is 0.255 e. The number of hydrogen-bond acceptors (Lipinski definition) is 12. The van der Waals surface area contributed by atoms with E-state index in [1.807, 2.05) is 97.1 Å². The Labute approximate surface area is 258 Å². The fraction of sp³-hybridized carbons (Fsp3) is 0. The number of rotatable bonds is 6. The Hall–Kier alpha value is -5.72. The molecule has 0 amide bonds. The molecule has 8 aromatic rings. The summed E-state index contributed by atoms with van der Waals surface area (Å²) >= 11 is 2.85. The van der Waals surface area contributed by atoms with E-state index >= 15 is 0 Å². The molecule has 44 heavy (non-hydrogen) atoms. The average Bonchev–Trinajstić information content (AvgIpc) is 3.80. The van der Waals surface area contributed by atoms with Gasteiger partial charge >= 0.3 is 0 Å². The van der Waals surface area contributed by atoms with Gasteiger partial charge in [0, 0.05) is 17.8 Å². The predicted octanol–water partition coefficient (Wildman–Crippen LogP) is 6.91. The highest BCUT2D eigenvalue weighted by Crippen LogP contribution is 2.32. The standard InChI is InChI=1S/C32H18N10S2/c1-3-17-33-20(7-1)22-9-5-11-24(35-22)29-39-41-31(43-29)26-15-13-19-14-16-27(38-28(19)37-26)32-42-40-30(44-32)25-12-6-10-23(36-25)21-8-2-4-18-34-21/h1-18H. The van der Waals surface area contributed by atoms with Crippen molar-refractivity contribution >= 4 is 33.7 Å².